The van der Waals surface area contributed by atoms with Crippen LogP contribution in [0.25, 0.3) is 0 Å². The van der Waals surface area contributed by atoms with Gasteiger partial charge in [-0.05, 0) is 18.6 Å². The number of methoxy groups -OCH3 is 1. The van der Waals surface area contributed by atoms with Gasteiger partial charge in [-0.25, -0.2) is 8.42 Å². The van der Waals surface area contributed by atoms with Crippen molar-refractivity contribution >= 4 is 21.6 Å². The van der Waals surface area contributed by atoms with E-state index in [0.29, 0.717) is 18.8 Å². The summed E-state index contributed by atoms with van der Waals surface area (Å²) in [6.45, 7) is 2.80. The zero-order valence-corrected chi connectivity index (χ0v) is 13.4. The van der Waals surface area contributed by atoms with Crippen LogP contribution in [0, 0.1) is 6.92 Å². The normalized spacial score (nSPS) is 11.2. The number of hydrogen-bond donors (Lipinski definition) is 1. The molecule has 7 heteroatoms. The topological polar surface area (TPSA) is 75.7 Å². The van der Waals surface area contributed by atoms with Crippen molar-refractivity contribution in [2.24, 2.45) is 0 Å². The van der Waals surface area contributed by atoms with Gasteiger partial charge in [0.25, 0.3) is 0 Å². The molecule has 0 aliphatic heterocycles. The lowest BCUT2D eigenvalue weighted by atomic mass is 10.2. The summed E-state index contributed by atoms with van der Waals surface area (Å²) in [5.41, 5.74) is 1.45. The molecule has 0 saturated carbocycles. The number of hydrogen-bond acceptors (Lipinski definition) is 4. The average Bonchev–Trinajstić information content (AvgIpc) is 2.40. The Hall–Kier alpha value is -1.60. The fourth-order valence-electron chi connectivity index (χ4n) is 1.89. The second-order valence-electron chi connectivity index (χ2n) is 4.71. The Labute approximate surface area is 126 Å². The maximum atomic E-state index is 11.9. The van der Waals surface area contributed by atoms with Gasteiger partial charge in [-0.15, -0.1) is 0 Å². The van der Waals surface area contributed by atoms with Crippen LogP contribution in [0.4, 0.5) is 5.69 Å². The van der Waals surface area contributed by atoms with Gasteiger partial charge in [-0.3, -0.25) is 9.10 Å². The first-order chi connectivity index (χ1) is 9.86. The summed E-state index contributed by atoms with van der Waals surface area (Å²) in [4.78, 5) is 11.7. The van der Waals surface area contributed by atoms with E-state index in [0.717, 1.165) is 11.8 Å². The van der Waals surface area contributed by atoms with Crippen molar-refractivity contribution in [1.29, 1.82) is 0 Å². The molecular formula is C14H22N2O4S. The Bertz CT molecular complexity index is 572. The van der Waals surface area contributed by atoms with Crippen molar-refractivity contribution in [2.75, 3.05) is 37.4 Å². The maximum Gasteiger partial charge on any atom is 0.232 e. The standard InChI is InChI=1S/C14H22N2O4S/c1-12-6-4-5-7-13(12)16(21(3,18)19)10-8-14(17)15-9-11-20-2/h4-7H,8-11H2,1-3H3,(H,15,17). The Morgan fingerprint density at radius 2 is 2.00 bits per heavy atom. The van der Waals surface area contributed by atoms with Gasteiger partial charge in [0.2, 0.25) is 15.9 Å². The zero-order chi connectivity index (χ0) is 15.9. The minimum Gasteiger partial charge on any atom is -0.383 e. The molecule has 0 aromatic heterocycles. The number of sulfonamides is 1. The van der Waals surface area contributed by atoms with Crippen LogP contribution in [0.3, 0.4) is 0 Å². The van der Waals surface area contributed by atoms with Gasteiger partial charge in [0.15, 0.2) is 0 Å². The number of nitrogens with one attached hydrogen (secondary N) is 1. The lowest BCUT2D eigenvalue weighted by Gasteiger charge is -2.23. The highest BCUT2D eigenvalue weighted by Crippen LogP contribution is 2.22. The Morgan fingerprint density at radius 1 is 1.33 bits per heavy atom. The van der Waals surface area contributed by atoms with Gasteiger partial charge in [0, 0.05) is 26.6 Å². The SMILES string of the molecule is COCCNC(=O)CCN(c1ccccc1C)S(C)(=O)=O. The predicted octanol–water partition coefficient (Wildman–Crippen LogP) is 0.914. The van der Waals surface area contributed by atoms with Crippen molar-refractivity contribution in [3.05, 3.63) is 29.8 Å². The van der Waals surface area contributed by atoms with Gasteiger partial charge < -0.3 is 10.1 Å². The number of amides is 1. The number of aryl methyl sites for hydroxylation is 1. The summed E-state index contributed by atoms with van der Waals surface area (Å²) >= 11 is 0. The number of nitrogens with zero attached hydrogens (tertiary/aromatic N) is 1. The van der Waals surface area contributed by atoms with E-state index in [1.807, 2.05) is 19.1 Å². The first-order valence-electron chi connectivity index (χ1n) is 6.65. The molecule has 21 heavy (non-hydrogen) atoms. The number of carbonyl (C=O) groups excluding carboxylic acids is 1. The number of ether oxygens (including phenoxy) is 1. The number of anilines is 1. The van der Waals surface area contributed by atoms with E-state index >= 15 is 0 Å². The van der Waals surface area contributed by atoms with Crippen LogP contribution in [-0.2, 0) is 19.6 Å². The lowest BCUT2D eigenvalue weighted by Crippen LogP contribution is -2.35. The quantitative estimate of drug-likeness (QED) is 0.724. The number of rotatable bonds is 8. The van der Waals surface area contributed by atoms with E-state index < -0.39 is 10.0 Å². The molecule has 1 aromatic carbocycles. The van der Waals surface area contributed by atoms with Gasteiger partial charge in [0.1, 0.15) is 0 Å². The van der Waals surface area contributed by atoms with Gasteiger partial charge in [-0.1, -0.05) is 18.2 Å². The van der Waals surface area contributed by atoms with Crippen LogP contribution in [-0.4, -0.2) is 47.4 Å². The minimum atomic E-state index is -3.43. The fourth-order valence-corrected chi connectivity index (χ4v) is 2.88. The van der Waals surface area contributed by atoms with Crippen LogP contribution in [0.15, 0.2) is 24.3 Å². The largest absolute Gasteiger partial charge is 0.383 e. The van der Waals surface area contributed by atoms with E-state index in [-0.39, 0.29) is 18.9 Å². The predicted molar refractivity (Wildman–Crippen MR) is 82.9 cm³/mol. The van der Waals surface area contributed by atoms with Crippen molar-refractivity contribution in [2.45, 2.75) is 13.3 Å². The molecule has 1 aromatic rings. The third kappa shape index (κ3) is 5.73. The van der Waals surface area contributed by atoms with Crippen LogP contribution in [0.5, 0.6) is 0 Å². The Morgan fingerprint density at radius 3 is 2.57 bits per heavy atom. The highest BCUT2D eigenvalue weighted by molar-refractivity contribution is 7.92. The monoisotopic (exact) mass is 314 g/mol. The van der Waals surface area contributed by atoms with Crippen LogP contribution < -0.4 is 9.62 Å². The smallest absolute Gasteiger partial charge is 0.232 e. The van der Waals surface area contributed by atoms with Gasteiger partial charge in [0.05, 0.1) is 18.6 Å². The Kier molecular flexibility index (Phi) is 6.64. The number of benzene rings is 1. The molecule has 0 saturated heterocycles. The van der Waals surface area contributed by atoms with Crippen LogP contribution >= 0.6 is 0 Å². The third-order valence-electron chi connectivity index (χ3n) is 2.95. The van der Waals surface area contributed by atoms with Crippen LogP contribution in [0.1, 0.15) is 12.0 Å². The molecule has 0 aliphatic carbocycles. The second kappa shape index (κ2) is 7.99. The van der Waals surface area contributed by atoms with Crippen molar-refractivity contribution < 1.29 is 17.9 Å². The summed E-state index contributed by atoms with van der Waals surface area (Å²) in [6.07, 6.45) is 1.24. The minimum absolute atomic E-state index is 0.102. The highest BCUT2D eigenvalue weighted by Gasteiger charge is 2.19. The summed E-state index contributed by atoms with van der Waals surface area (Å²) in [5.74, 6) is -0.200. The fraction of sp³-hybridized carbons (Fsp3) is 0.500. The molecule has 1 N–H and O–H groups in total. The molecule has 0 radical (unpaired) electrons. The molecule has 0 aliphatic rings. The first-order valence-corrected chi connectivity index (χ1v) is 8.50. The molecule has 0 spiro atoms. The van der Waals surface area contributed by atoms with Gasteiger partial charge in [-0.2, -0.15) is 0 Å². The molecule has 0 atom stereocenters. The lowest BCUT2D eigenvalue weighted by molar-refractivity contribution is -0.121. The molecule has 0 fully saturated rings. The Balaban J connectivity index is 2.74. The molecule has 0 bridgehead atoms. The van der Waals surface area contributed by atoms with E-state index in [2.05, 4.69) is 5.32 Å². The van der Waals surface area contributed by atoms with E-state index in [4.69, 9.17) is 4.74 Å². The molecule has 1 amide bonds. The van der Waals surface area contributed by atoms with Crippen molar-refractivity contribution in [3.63, 3.8) is 0 Å². The molecule has 0 unspecified atom stereocenters. The molecule has 1 rings (SSSR count). The van der Waals surface area contributed by atoms with Crippen molar-refractivity contribution in [3.8, 4) is 0 Å². The van der Waals surface area contributed by atoms with Crippen molar-refractivity contribution in [1.82, 2.24) is 5.32 Å². The van der Waals surface area contributed by atoms with E-state index in [9.17, 15) is 13.2 Å². The molecule has 0 heterocycles. The van der Waals surface area contributed by atoms with E-state index in [1.165, 1.54) is 4.31 Å². The maximum absolute atomic E-state index is 11.9. The number of carbonyl (C=O) groups is 1. The number of para-hydroxylation sites is 1. The highest BCUT2D eigenvalue weighted by atomic mass is 32.2. The molecule has 6 nitrogen and oxygen atoms in total. The first kappa shape index (κ1) is 17.5. The van der Waals surface area contributed by atoms with Gasteiger partial charge >= 0.3 is 0 Å². The summed E-state index contributed by atoms with van der Waals surface area (Å²) in [6, 6.07) is 7.20. The zero-order valence-electron chi connectivity index (χ0n) is 12.6. The summed E-state index contributed by atoms with van der Waals surface area (Å²) in [7, 11) is -1.88. The summed E-state index contributed by atoms with van der Waals surface area (Å²) in [5, 5.41) is 2.67. The average molecular weight is 314 g/mol. The second-order valence-corrected chi connectivity index (χ2v) is 6.62. The molecule has 118 valence electrons. The molecular weight excluding hydrogens is 292 g/mol. The third-order valence-corrected chi connectivity index (χ3v) is 4.13. The van der Waals surface area contributed by atoms with E-state index in [1.54, 1.807) is 19.2 Å². The van der Waals surface area contributed by atoms with Crippen LogP contribution in [0.2, 0.25) is 0 Å². The summed E-state index contributed by atoms with van der Waals surface area (Å²) < 4.78 is 30.0.